The van der Waals surface area contributed by atoms with Crippen molar-refractivity contribution in [2.75, 3.05) is 0 Å². The third-order valence-electron chi connectivity index (χ3n) is 2.87. The number of amidine groups is 1. The summed E-state index contributed by atoms with van der Waals surface area (Å²) < 4.78 is 27.9. The van der Waals surface area contributed by atoms with Gasteiger partial charge in [-0.05, 0) is 24.6 Å². The maximum atomic E-state index is 13.9. The van der Waals surface area contributed by atoms with Gasteiger partial charge in [-0.25, -0.2) is 8.78 Å². The van der Waals surface area contributed by atoms with E-state index in [1.807, 2.05) is 31.2 Å². The van der Waals surface area contributed by atoms with Gasteiger partial charge in [0.25, 0.3) is 0 Å². The van der Waals surface area contributed by atoms with Crippen molar-refractivity contribution in [3.05, 3.63) is 64.7 Å². The van der Waals surface area contributed by atoms with Gasteiger partial charge in [-0.2, -0.15) is 0 Å². The highest BCUT2D eigenvalue weighted by atomic mass is 32.2. The van der Waals surface area contributed by atoms with E-state index in [1.165, 1.54) is 0 Å². The van der Waals surface area contributed by atoms with Gasteiger partial charge in [0.1, 0.15) is 11.6 Å². The summed E-state index contributed by atoms with van der Waals surface area (Å²) in [6, 6.07) is 9.84. The molecule has 0 saturated carbocycles. The second kappa shape index (κ2) is 6.58. The van der Waals surface area contributed by atoms with E-state index < -0.39 is 11.6 Å². The van der Waals surface area contributed by atoms with Gasteiger partial charge in [0.15, 0.2) is 5.84 Å². The van der Waals surface area contributed by atoms with Crippen LogP contribution in [0.1, 0.15) is 16.7 Å². The fourth-order valence-electron chi connectivity index (χ4n) is 1.86. The van der Waals surface area contributed by atoms with Crippen LogP contribution in [0.15, 0.2) is 46.4 Å². The molecule has 0 spiro atoms. The fourth-order valence-corrected chi connectivity index (χ4v) is 2.75. The highest BCUT2D eigenvalue weighted by molar-refractivity contribution is 7.98. The van der Waals surface area contributed by atoms with Crippen LogP contribution in [0.25, 0.3) is 0 Å². The lowest BCUT2D eigenvalue weighted by atomic mass is 10.2. The number of rotatable bonds is 4. The van der Waals surface area contributed by atoms with Gasteiger partial charge in [-0.3, -0.25) is 0 Å². The SMILES string of the molecule is Cc1cccc(CSc2c(F)cc(/C(N)=N/O)cc2F)c1. The highest BCUT2D eigenvalue weighted by Gasteiger charge is 2.14. The van der Waals surface area contributed by atoms with Crippen LogP contribution in [0, 0.1) is 18.6 Å². The molecule has 0 amide bonds. The molecule has 110 valence electrons. The summed E-state index contributed by atoms with van der Waals surface area (Å²) in [6.07, 6.45) is 0. The number of thioether (sulfide) groups is 1. The molecule has 0 aliphatic carbocycles. The Bertz CT molecular complexity index is 666. The average Bonchev–Trinajstić information content (AvgIpc) is 2.45. The Balaban J connectivity index is 2.21. The monoisotopic (exact) mass is 308 g/mol. The molecule has 0 aliphatic heterocycles. The molecule has 0 unspecified atom stereocenters. The average molecular weight is 308 g/mol. The molecular weight excluding hydrogens is 294 g/mol. The molecule has 2 rings (SSSR count). The molecule has 0 aliphatic rings. The Morgan fingerprint density at radius 1 is 1.24 bits per heavy atom. The van der Waals surface area contributed by atoms with Crippen LogP contribution in [0.2, 0.25) is 0 Å². The maximum absolute atomic E-state index is 13.9. The Kier molecular flexibility index (Phi) is 4.80. The van der Waals surface area contributed by atoms with E-state index in [-0.39, 0.29) is 16.3 Å². The van der Waals surface area contributed by atoms with Crippen molar-refractivity contribution in [2.45, 2.75) is 17.6 Å². The zero-order valence-corrected chi connectivity index (χ0v) is 12.1. The molecule has 0 radical (unpaired) electrons. The van der Waals surface area contributed by atoms with Gasteiger partial charge in [0.05, 0.1) is 4.90 Å². The summed E-state index contributed by atoms with van der Waals surface area (Å²) in [7, 11) is 0. The van der Waals surface area contributed by atoms with Crippen LogP contribution in [0.5, 0.6) is 0 Å². The molecule has 0 bridgehead atoms. The molecule has 21 heavy (non-hydrogen) atoms. The molecular formula is C15H14F2N2OS. The van der Waals surface area contributed by atoms with Crippen molar-refractivity contribution in [3.8, 4) is 0 Å². The summed E-state index contributed by atoms with van der Waals surface area (Å²) in [5.74, 6) is -1.33. The molecule has 0 heterocycles. The predicted octanol–water partition coefficient (Wildman–Crippen LogP) is 3.66. The van der Waals surface area contributed by atoms with Gasteiger partial charge in [0.2, 0.25) is 0 Å². The third kappa shape index (κ3) is 3.72. The second-order valence-electron chi connectivity index (χ2n) is 4.53. The number of benzene rings is 2. The standard InChI is InChI=1S/C15H14F2N2OS/c1-9-3-2-4-10(5-9)8-21-14-12(16)6-11(7-13(14)17)15(18)19-20/h2-7,20H,8H2,1H3,(H2,18,19). The van der Waals surface area contributed by atoms with E-state index in [0.717, 1.165) is 35.0 Å². The van der Waals surface area contributed by atoms with Crippen molar-refractivity contribution in [1.29, 1.82) is 0 Å². The first-order valence-electron chi connectivity index (χ1n) is 6.16. The molecule has 0 saturated heterocycles. The van der Waals surface area contributed by atoms with E-state index in [4.69, 9.17) is 10.9 Å². The van der Waals surface area contributed by atoms with Gasteiger partial charge >= 0.3 is 0 Å². The number of halogens is 2. The Morgan fingerprint density at radius 3 is 2.48 bits per heavy atom. The Hall–Kier alpha value is -2.08. The Labute approximate surface area is 125 Å². The second-order valence-corrected chi connectivity index (χ2v) is 5.52. The summed E-state index contributed by atoms with van der Waals surface area (Å²) in [4.78, 5) is -0.0778. The van der Waals surface area contributed by atoms with E-state index in [0.29, 0.717) is 5.75 Å². The summed E-state index contributed by atoms with van der Waals surface area (Å²) in [5, 5.41) is 11.3. The van der Waals surface area contributed by atoms with E-state index >= 15 is 0 Å². The third-order valence-corrected chi connectivity index (χ3v) is 4.02. The molecule has 2 aromatic carbocycles. The quantitative estimate of drug-likeness (QED) is 0.298. The molecule has 0 aromatic heterocycles. The molecule has 0 fully saturated rings. The van der Waals surface area contributed by atoms with Crippen LogP contribution < -0.4 is 5.73 Å². The number of nitrogens with two attached hydrogens (primary N) is 1. The van der Waals surface area contributed by atoms with E-state index in [1.54, 1.807) is 0 Å². The number of nitrogens with zero attached hydrogens (tertiary/aromatic N) is 1. The lowest BCUT2D eigenvalue weighted by Crippen LogP contribution is -2.14. The van der Waals surface area contributed by atoms with Crippen molar-refractivity contribution >= 4 is 17.6 Å². The molecule has 0 atom stereocenters. The first kappa shape index (κ1) is 15.3. The van der Waals surface area contributed by atoms with Crippen LogP contribution in [0.3, 0.4) is 0 Å². The van der Waals surface area contributed by atoms with Crippen molar-refractivity contribution in [3.63, 3.8) is 0 Å². The minimum absolute atomic E-state index is 0.00686. The van der Waals surface area contributed by atoms with E-state index in [9.17, 15) is 8.78 Å². The van der Waals surface area contributed by atoms with Crippen molar-refractivity contribution in [2.24, 2.45) is 10.9 Å². The fraction of sp³-hybridized carbons (Fsp3) is 0.133. The number of oxime groups is 1. The summed E-state index contributed by atoms with van der Waals surface area (Å²) in [6.45, 7) is 1.96. The first-order chi connectivity index (χ1) is 10.0. The highest BCUT2D eigenvalue weighted by Crippen LogP contribution is 2.29. The van der Waals surface area contributed by atoms with Crippen LogP contribution in [-0.2, 0) is 5.75 Å². The van der Waals surface area contributed by atoms with Crippen LogP contribution in [-0.4, -0.2) is 11.0 Å². The smallest absolute Gasteiger partial charge is 0.170 e. The molecule has 6 heteroatoms. The minimum Gasteiger partial charge on any atom is -0.409 e. The van der Waals surface area contributed by atoms with Crippen molar-refractivity contribution in [1.82, 2.24) is 0 Å². The lowest BCUT2D eigenvalue weighted by molar-refractivity contribution is 0.318. The minimum atomic E-state index is -0.728. The van der Waals surface area contributed by atoms with Crippen LogP contribution in [0.4, 0.5) is 8.78 Å². The lowest BCUT2D eigenvalue weighted by Gasteiger charge is -2.08. The maximum Gasteiger partial charge on any atom is 0.170 e. The largest absolute Gasteiger partial charge is 0.409 e. The van der Waals surface area contributed by atoms with Gasteiger partial charge in [-0.1, -0.05) is 35.0 Å². The summed E-state index contributed by atoms with van der Waals surface area (Å²) in [5.41, 5.74) is 7.41. The number of hydrogen-bond acceptors (Lipinski definition) is 3. The molecule has 3 N–H and O–H groups in total. The zero-order chi connectivity index (χ0) is 15.4. The predicted molar refractivity (Wildman–Crippen MR) is 79.6 cm³/mol. The Morgan fingerprint density at radius 2 is 1.90 bits per heavy atom. The van der Waals surface area contributed by atoms with Crippen LogP contribution >= 0.6 is 11.8 Å². The van der Waals surface area contributed by atoms with E-state index in [2.05, 4.69) is 5.16 Å². The normalized spacial score (nSPS) is 11.7. The first-order valence-corrected chi connectivity index (χ1v) is 7.15. The van der Waals surface area contributed by atoms with Crippen molar-refractivity contribution < 1.29 is 14.0 Å². The van der Waals surface area contributed by atoms with Gasteiger partial charge in [0, 0.05) is 11.3 Å². The molecule has 2 aromatic rings. The topological polar surface area (TPSA) is 58.6 Å². The van der Waals surface area contributed by atoms with Gasteiger partial charge in [-0.15, -0.1) is 11.8 Å². The zero-order valence-electron chi connectivity index (χ0n) is 11.3. The number of hydrogen-bond donors (Lipinski definition) is 2. The van der Waals surface area contributed by atoms with Gasteiger partial charge < -0.3 is 10.9 Å². The number of aryl methyl sites for hydroxylation is 1. The molecule has 3 nitrogen and oxygen atoms in total. The summed E-state index contributed by atoms with van der Waals surface area (Å²) >= 11 is 1.07.